The number of hydrogen-bond donors (Lipinski definition) is 1. The van der Waals surface area contributed by atoms with E-state index in [1.165, 1.54) is 0 Å². The van der Waals surface area contributed by atoms with Crippen molar-refractivity contribution in [3.05, 3.63) is 24.3 Å². The molecule has 0 aliphatic carbocycles. The lowest BCUT2D eigenvalue weighted by Gasteiger charge is -1.92. The number of allylic oxidation sites excluding steroid dienone is 2. The van der Waals surface area contributed by atoms with Gasteiger partial charge in [-0.15, -0.1) is 6.58 Å². The Morgan fingerprint density at radius 1 is 1.80 bits per heavy atom. The Morgan fingerprint density at radius 3 is 2.80 bits per heavy atom. The zero-order chi connectivity index (χ0) is 7.98. The molecule has 0 spiro atoms. The van der Waals surface area contributed by atoms with Gasteiger partial charge in [-0.1, -0.05) is 12.2 Å². The van der Waals surface area contributed by atoms with Gasteiger partial charge in [0.15, 0.2) is 0 Å². The van der Waals surface area contributed by atoms with Gasteiger partial charge in [0, 0.05) is 5.57 Å². The normalized spacial score (nSPS) is 10.8. The second-order valence-electron chi connectivity index (χ2n) is 1.79. The largest absolute Gasteiger partial charge is 0.368 e. The van der Waals surface area contributed by atoms with Gasteiger partial charge in [-0.3, -0.25) is 4.89 Å². The molecule has 0 aromatic heterocycles. The summed E-state index contributed by atoms with van der Waals surface area (Å²) in [5, 5.41) is 7.89. The maximum atomic E-state index is 10.4. The highest BCUT2D eigenvalue weighted by Gasteiger charge is 2.01. The van der Waals surface area contributed by atoms with Crippen LogP contribution in [0.25, 0.3) is 0 Å². The third-order valence-electron chi connectivity index (χ3n) is 0.996. The molecule has 0 saturated heterocycles. The van der Waals surface area contributed by atoms with Crippen molar-refractivity contribution in [2.75, 3.05) is 0 Å². The molecule has 0 bridgehead atoms. The van der Waals surface area contributed by atoms with Crippen LogP contribution < -0.4 is 0 Å². The highest BCUT2D eigenvalue weighted by atomic mass is 17.1. The van der Waals surface area contributed by atoms with Crippen LogP contribution in [0, 0.1) is 0 Å². The monoisotopic (exact) mass is 142 g/mol. The van der Waals surface area contributed by atoms with Crippen LogP contribution in [0.3, 0.4) is 0 Å². The van der Waals surface area contributed by atoms with E-state index in [1.807, 2.05) is 0 Å². The lowest BCUT2D eigenvalue weighted by atomic mass is 10.2. The summed E-state index contributed by atoms with van der Waals surface area (Å²) in [5.74, 6) is -0.721. The van der Waals surface area contributed by atoms with E-state index < -0.39 is 5.97 Å². The fourth-order valence-corrected chi connectivity index (χ4v) is 0.415. The molecule has 56 valence electrons. The highest BCUT2D eigenvalue weighted by molar-refractivity contribution is 5.87. The first-order valence-corrected chi connectivity index (χ1v) is 2.85. The Morgan fingerprint density at radius 2 is 2.40 bits per heavy atom. The first-order valence-electron chi connectivity index (χ1n) is 2.85. The topological polar surface area (TPSA) is 46.5 Å². The van der Waals surface area contributed by atoms with Crippen LogP contribution in [-0.2, 0) is 9.68 Å². The molecule has 3 heteroatoms. The average molecular weight is 142 g/mol. The second kappa shape index (κ2) is 4.76. The Balaban J connectivity index is 3.91. The fourth-order valence-electron chi connectivity index (χ4n) is 0.415. The molecule has 0 aliphatic heterocycles. The number of hydrogen-bond acceptors (Lipinski definition) is 3. The van der Waals surface area contributed by atoms with Gasteiger partial charge in [0.25, 0.3) is 0 Å². The quantitative estimate of drug-likeness (QED) is 0.281. The first kappa shape index (κ1) is 8.91. The maximum absolute atomic E-state index is 10.4. The van der Waals surface area contributed by atoms with Crippen LogP contribution in [0.2, 0.25) is 0 Å². The molecule has 0 aliphatic rings. The molecular formula is C7H10O3. The lowest BCUT2D eigenvalue weighted by molar-refractivity contribution is -0.229. The molecule has 0 heterocycles. The third-order valence-corrected chi connectivity index (χ3v) is 0.996. The van der Waals surface area contributed by atoms with Gasteiger partial charge in [0.1, 0.15) is 0 Å². The SMILES string of the molecule is C=CC/C=C(\C)C(=O)OO. The van der Waals surface area contributed by atoms with Crippen LogP contribution in [0.1, 0.15) is 13.3 Å². The molecule has 0 radical (unpaired) electrons. The molecule has 0 unspecified atom stereocenters. The summed E-state index contributed by atoms with van der Waals surface area (Å²) in [7, 11) is 0. The van der Waals surface area contributed by atoms with Gasteiger partial charge in [-0.05, 0) is 13.3 Å². The average Bonchev–Trinajstić information content (AvgIpc) is 1.98. The molecule has 0 saturated carbocycles. The zero-order valence-corrected chi connectivity index (χ0v) is 5.83. The number of rotatable bonds is 3. The summed E-state index contributed by atoms with van der Waals surface area (Å²) in [6.07, 6.45) is 3.86. The number of carbonyl (C=O) groups is 1. The summed E-state index contributed by atoms with van der Waals surface area (Å²) >= 11 is 0. The van der Waals surface area contributed by atoms with Crippen molar-refractivity contribution in [2.45, 2.75) is 13.3 Å². The van der Waals surface area contributed by atoms with E-state index in [9.17, 15) is 4.79 Å². The van der Waals surface area contributed by atoms with Crippen LogP contribution in [0.4, 0.5) is 0 Å². The highest BCUT2D eigenvalue weighted by Crippen LogP contribution is 1.97. The molecule has 0 amide bonds. The molecule has 0 atom stereocenters. The van der Waals surface area contributed by atoms with E-state index in [-0.39, 0.29) is 0 Å². The molecule has 0 aromatic carbocycles. The zero-order valence-electron chi connectivity index (χ0n) is 5.83. The van der Waals surface area contributed by atoms with Crippen molar-refractivity contribution in [2.24, 2.45) is 0 Å². The number of carbonyl (C=O) groups excluding carboxylic acids is 1. The smallest absolute Gasteiger partial charge is 0.296 e. The van der Waals surface area contributed by atoms with Crippen molar-refractivity contribution in [3.63, 3.8) is 0 Å². The minimum Gasteiger partial charge on any atom is -0.296 e. The summed E-state index contributed by atoms with van der Waals surface area (Å²) < 4.78 is 0. The van der Waals surface area contributed by atoms with E-state index in [1.54, 1.807) is 19.1 Å². The summed E-state index contributed by atoms with van der Waals surface area (Å²) in [6, 6.07) is 0. The van der Waals surface area contributed by atoms with Gasteiger partial charge in [-0.25, -0.2) is 4.79 Å². The summed E-state index contributed by atoms with van der Waals surface area (Å²) in [6.45, 7) is 5.02. The molecule has 0 rings (SSSR count). The maximum Gasteiger partial charge on any atom is 0.368 e. The van der Waals surface area contributed by atoms with E-state index in [2.05, 4.69) is 11.5 Å². The molecule has 3 nitrogen and oxygen atoms in total. The van der Waals surface area contributed by atoms with Gasteiger partial charge in [0.05, 0.1) is 0 Å². The van der Waals surface area contributed by atoms with Crippen molar-refractivity contribution >= 4 is 5.97 Å². The van der Waals surface area contributed by atoms with E-state index >= 15 is 0 Å². The van der Waals surface area contributed by atoms with Crippen LogP contribution >= 0.6 is 0 Å². The van der Waals surface area contributed by atoms with Crippen LogP contribution in [-0.4, -0.2) is 11.2 Å². The van der Waals surface area contributed by atoms with E-state index in [0.29, 0.717) is 12.0 Å². The van der Waals surface area contributed by atoms with E-state index in [4.69, 9.17) is 5.26 Å². The van der Waals surface area contributed by atoms with Gasteiger partial charge in [-0.2, -0.15) is 5.26 Å². The molecule has 0 aromatic rings. The van der Waals surface area contributed by atoms with Gasteiger partial charge < -0.3 is 0 Å². The van der Waals surface area contributed by atoms with E-state index in [0.717, 1.165) is 0 Å². The molecule has 10 heavy (non-hydrogen) atoms. The Labute approximate surface area is 59.5 Å². The minimum atomic E-state index is -0.721. The Bertz CT molecular complexity index is 158. The van der Waals surface area contributed by atoms with Crippen LogP contribution in [0.5, 0.6) is 0 Å². The van der Waals surface area contributed by atoms with Crippen LogP contribution in [0.15, 0.2) is 24.3 Å². The fraction of sp³-hybridized carbons (Fsp3) is 0.286. The van der Waals surface area contributed by atoms with Crippen molar-refractivity contribution in [3.8, 4) is 0 Å². The third kappa shape index (κ3) is 3.04. The van der Waals surface area contributed by atoms with Gasteiger partial charge in [0.2, 0.25) is 0 Å². The first-order chi connectivity index (χ1) is 4.72. The van der Waals surface area contributed by atoms with Crippen molar-refractivity contribution in [1.29, 1.82) is 0 Å². The summed E-state index contributed by atoms with van der Waals surface area (Å²) in [5.41, 5.74) is 0.377. The van der Waals surface area contributed by atoms with Crippen molar-refractivity contribution in [1.82, 2.24) is 0 Å². The molecular weight excluding hydrogens is 132 g/mol. The Hall–Kier alpha value is -1.09. The second-order valence-corrected chi connectivity index (χ2v) is 1.79. The van der Waals surface area contributed by atoms with Crippen molar-refractivity contribution < 1.29 is 14.9 Å². The van der Waals surface area contributed by atoms with Gasteiger partial charge >= 0.3 is 5.97 Å². The summed E-state index contributed by atoms with van der Waals surface area (Å²) in [4.78, 5) is 13.9. The predicted molar refractivity (Wildman–Crippen MR) is 37.3 cm³/mol. The Kier molecular flexibility index (Phi) is 4.24. The standard InChI is InChI=1S/C7H10O3/c1-3-4-5-6(2)7(8)10-9/h3,5,9H,1,4H2,2H3/b6-5+. The minimum absolute atomic E-state index is 0.377. The predicted octanol–water partition coefficient (Wildman–Crippen LogP) is 1.52. The molecule has 0 fully saturated rings. The molecule has 1 N–H and O–H groups in total. The lowest BCUT2D eigenvalue weighted by Crippen LogP contribution is -2.01.